The molecule has 3 heteroatoms. The van der Waals surface area contributed by atoms with E-state index in [0.29, 0.717) is 11.8 Å². The third-order valence-corrected chi connectivity index (χ3v) is 5.39. The van der Waals surface area contributed by atoms with Crippen LogP contribution in [-0.2, 0) is 9.59 Å². The van der Waals surface area contributed by atoms with E-state index in [-0.39, 0.29) is 11.7 Å². The van der Waals surface area contributed by atoms with E-state index in [1.807, 2.05) is 0 Å². The van der Waals surface area contributed by atoms with Crippen LogP contribution in [0.3, 0.4) is 0 Å². The van der Waals surface area contributed by atoms with E-state index in [1.54, 1.807) is 6.92 Å². The third kappa shape index (κ3) is 5.44. The number of Topliss-reactive ketones (excluding diaryl/α,β-unsaturated/α-hetero) is 1. The molecule has 2 aliphatic carbocycles. The number of hydrogen-bond donors (Lipinski definition) is 1. The number of amides is 1. The third-order valence-electron chi connectivity index (χ3n) is 5.39. The van der Waals surface area contributed by atoms with Crippen LogP contribution in [0, 0.1) is 17.8 Å². The van der Waals surface area contributed by atoms with Crippen molar-refractivity contribution < 1.29 is 9.59 Å². The number of ketones is 1. The Hall–Kier alpha value is -0.860. The first-order valence-electron chi connectivity index (χ1n) is 8.95. The van der Waals surface area contributed by atoms with E-state index in [2.05, 4.69) is 5.32 Å². The molecule has 2 aliphatic rings. The Balaban J connectivity index is 1.78. The van der Waals surface area contributed by atoms with Crippen molar-refractivity contribution in [1.82, 2.24) is 5.32 Å². The van der Waals surface area contributed by atoms with Crippen molar-refractivity contribution in [2.45, 2.75) is 77.6 Å². The van der Waals surface area contributed by atoms with Crippen LogP contribution < -0.4 is 5.32 Å². The van der Waals surface area contributed by atoms with Crippen molar-refractivity contribution >= 4 is 11.7 Å². The van der Waals surface area contributed by atoms with Crippen LogP contribution in [0.2, 0.25) is 0 Å². The highest BCUT2D eigenvalue weighted by Gasteiger charge is 2.28. The first kappa shape index (κ1) is 16.5. The normalized spacial score (nSPS) is 22.7. The summed E-state index contributed by atoms with van der Waals surface area (Å²) in [6.07, 6.45) is 13.4. The first-order valence-corrected chi connectivity index (χ1v) is 8.95. The minimum absolute atomic E-state index is 0.0151. The van der Waals surface area contributed by atoms with E-state index >= 15 is 0 Å². The summed E-state index contributed by atoms with van der Waals surface area (Å²) in [4.78, 5) is 24.2. The van der Waals surface area contributed by atoms with Gasteiger partial charge in [-0.3, -0.25) is 9.59 Å². The van der Waals surface area contributed by atoms with Gasteiger partial charge < -0.3 is 5.32 Å². The molecule has 0 aromatic carbocycles. The Kier molecular flexibility index (Phi) is 6.72. The van der Waals surface area contributed by atoms with Crippen molar-refractivity contribution in [2.24, 2.45) is 17.8 Å². The van der Waals surface area contributed by atoms with Gasteiger partial charge in [-0.05, 0) is 38.0 Å². The molecule has 1 unspecified atom stereocenters. The maximum atomic E-state index is 12.4. The summed E-state index contributed by atoms with van der Waals surface area (Å²) in [5.41, 5.74) is 0. The minimum Gasteiger partial charge on any atom is -0.355 e. The monoisotopic (exact) mass is 293 g/mol. The fourth-order valence-electron chi connectivity index (χ4n) is 3.97. The SMILES string of the molecule is CC(=O)C(CC1CCCCC1)C(=O)NCC1CCCCC1. The number of carbonyl (C=O) groups excluding carboxylic acids is 2. The Labute approximate surface area is 129 Å². The molecule has 21 heavy (non-hydrogen) atoms. The lowest BCUT2D eigenvalue weighted by Gasteiger charge is -2.26. The molecule has 1 N–H and O–H groups in total. The van der Waals surface area contributed by atoms with Gasteiger partial charge in [0.1, 0.15) is 5.78 Å². The van der Waals surface area contributed by atoms with Gasteiger partial charge in [-0.1, -0.05) is 51.4 Å². The number of nitrogens with one attached hydrogen (secondary N) is 1. The molecule has 3 nitrogen and oxygen atoms in total. The van der Waals surface area contributed by atoms with Crippen LogP contribution in [-0.4, -0.2) is 18.2 Å². The Morgan fingerprint density at radius 1 is 0.905 bits per heavy atom. The van der Waals surface area contributed by atoms with Crippen LogP contribution in [0.25, 0.3) is 0 Å². The lowest BCUT2D eigenvalue weighted by atomic mass is 9.81. The van der Waals surface area contributed by atoms with Crippen molar-refractivity contribution in [3.05, 3.63) is 0 Å². The van der Waals surface area contributed by atoms with Gasteiger partial charge in [0.2, 0.25) is 5.91 Å². The zero-order valence-corrected chi connectivity index (χ0v) is 13.5. The van der Waals surface area contributed by atoms with E-state index in [0.717, 1.165) is 13.0 Å². The molecule has 2 saturated carbocycles. The quantitative estimate of drug-likeness (QED) is 0.756. The van der Waals surface area contributed by atoms with Gasteiger partial charge in [-0.15, -0.1) is 0 Å². The second kappa shape index (κ2) is 8.55. The number of carbonyl (C=O) groups is 2. The molecule has 0 saturated heterocycles. The van der Waals surface area contributed by atoms with E-state index in [1.165, 1.54) is 64.2 Å². The molecule has 0 aromatic rings. The molecule has 0 aromatic heterocycles. The predicted molar refractivity (Wildman–Crippen MR) is 84.9 cm³/mol. The molecular weight excluding hydrogens is 262 g/mol. The second-order valence-electron chi connectivity index (χ2n) is 7.15. The fourth-order valence-corrected chi connectivity index (χ4v) is 3.97. The summed E-state index contributed by atoms with van der Waals surface area (Å²) >= 11 is 0. The summed E-state index contributed by atoms with van der Waals surface area (Å²) in [5.74, 6) is 0.829. The fraction of sp³-hybridized carbons (Fsp3) is 0.889. The van der Waals surface area contributed by atoms with Crippen LogP contribution in [0.4, 0.5) is 0 Å². The molecule has 1 amide bonds. The maximum Gasteiger partial charge on any atom is 0.230 e. The zero-order valence-electron chi connectivity index (χ0n) is 13.5. The van der Waals surface area contributed by atoms with Gasteiger partial charge in [0, 0.05) is 6.54 Å². The number of rotatable bonds is 6. The summed E-state index contributed by atoms with van der Waals surface area (Å²) in [5, 5.41) is 3.06. The highest BCUT2D eigenvalue weighted by atomic mass is 16.2. The molecule has 1 atom stereocenters. The lowest BCUT2D eigenvalue weighted by Crippen LogP contribution is -2.38. The van der Waals surface area contributed by atoms with E-state index in [9.17, 15) is 9.59 Å². The molecular formula is C18H31NO2. The second-order valence-corrected chi connectivity index (χ2v) is 7.15. The van der Waals surface area contributed by atoms with E-state index in [4.69, 9.17) is 0 Å². The summed E-state index contributed by atoms with van der Waals surface area (Å²) in [6.45, 7) is 2.35. The van der Waals surface area contributed by atoms with Crippen LogP contribution >= 0.6 is 0 Å². The molecule has 2 rings (SSSR count). The molecule has 0 bridgehead atoms. The van der Waals surface area contributed by atoms with Crippen molar-refractivity contribution in [2.75, 3.05) is 6.54 Å². The van der Waals surface area contributed by atoms with Gasteiger partial charge in [-0.25, -0.2) is 0 Å². The first-order chi connectivity index (χ1) is 10.2. The summed E-state index contributed by atoms with van der Waals surface area (Å²) in [6, 6.07) is 0. The Morgan fingerprint density at radius 3 is 1.95 bits per heavy atom. The Morgan fingerprint density at radius 2 is 1.43 bits per heavy atom. The van der Waals surface area contributed by atoms with Crippen molar-refractivity contribution in [3.8, 4) is 0 Å². The average molecular weight is 293 g/mol. The molecule has 0 heterocycles. The summed E-state index contributed by atoms with van der Waals surface area (Å²) < 4.78 is 0. The molecule has 0 radical (unpaired) electrons. The van der Waals surface area contributed by atoms with Gasteiger partial charge in [0.15, 0.2) is 0 Å². The van der Waals surface area contributed by atoms with E-state index < -0.39 is 5.92 Å². The lowest BCUT2D eigenvalue weighted by molar-refractivity contribution is -0.134. The van der Waals surface area contributed by atoms with Crippen LogP contribution in [0.5, 0.6) is 0 Å². The van der Waals surface area contributed by atoms with Crippen LogP contribution in [0.15, 0.2) is 0 Å². The van der Waals surface area contributed by atoms with Crippen molar-refractivity contribution in [3.63, 3.8) is 0 Å². The van der Waals surface area contributed by atoms with Gasteiger partial charge in [0.25, 0.3) is 0 Å². The standard InChI is InChI=1S/C18H31NO2/c1-14(20)17(12-15-8-4-2-5-9-15)18(21)19-13-16-10-6-3-7-11-16/h15-17H,2-13H2,1H3,(H,19,21). The Bertz CT molecular complexity index is 341. The minimum atomic E-state index is -0.406. The average Bonchev–Trinajstić information content (AvgIpc) is 2.52. The molecule has 120 valence electrons. The van der Waals surface area contributed by atoms with Crippen LogP contribution in [0.1, 0.15) is 77.6 Å². The summed E-state index contributed by atoms with van der Waals surface area (Å²) in [7, 11) is 0. The molecule has 0 spiro atoms. The molecule has 2 fully saturated rings. The van der Waals surface area contributed by atoms with Crippen molar-refractivity contribution in [1.29, 1.82) is 0 Å². The zero-order chi connectivity index (χ0) is 15.1. The topological polar surface area (TPSA) is 46.2 Å². The van der Waals surface area contributed by atoms with Gasteiger partial charge in [-0.2, -0.15) is 0 Å². The molecule has 0 aliphatic heterocycles. The highest BCUT2D eigenvalue weighted by Crippen LogP contribution is 2.29. The smallest absolute Gasteiger partial charge is 0.230 e. The highest BCUT2D eigenvalue weighted by molar-refractivity contribution is 6.00. The predicted octanol–water partition coefficient (Wildman–Crippen LogP) is 3.86. The van der Waals surface area contributed by atoms with Gasteiger partial charge in [0.05, 0.1) is 5.92 Å². The largest absolute Gasteiger partial charge is 0.355 e. The van der Waals surface area contributed by atoms with Gasteiger partial charge >= 0.3 is 0 Å². The number of hydrogen-bond acceptors (Lipinski definition) is 2. The maximum absolute atomic E-state index is 12.4.